The van der Waals surface area contributed by atoms with Crippen LogP contribution in [0.2, 0.25) is 0 Å². The summed E-state index contributed by atoms with van der Waals surface area (Å²) in [6, 6.07) is 7.33. The number of para-hydroxylation sites is 1. The van der Waals surface area contributed by atoms with Gasteiger partial charge < -0.3 is 59.1 Å². The summed E-state index contributed by atoms with van der Waals surface area (Å²) >= 11 is 0. The van der Waals surface area contributed by atoms with Gasteiger partial charge in [0.2, 0.25) is 11.8 Å². The third-order valence-corrected chi connectivity index (χ3v) is 13.6. The second-order valence-corrected chi connectivity index (χ2v) is 19.1. The lowest BCUT2D eigenvalue weighted by Gasteiger charge is -2.49. The van der Waals surface area contributed by atoms with Gasteiger partial charge in [-0.3, -0.25) is 9.59 Å². The van der Waals surface area contributed by atoms with E-state index in [1.807, 2.05) is 94.2 Å². The standard InChI is InChI=1S/C46H72N4O10/c1-26-22-45(6,55)41(60-44-38(51)36(49(8)9)21-27(2)57-44)28(3)39(59-37-23-46(7,56-10)40(52)30(5)58-37)29(4)42(53)48-33(19-20-50(25-26)43(54)31-15-16-31)18-17-32-24-47-35-14-12-11-13-34(32)35/h11-14,17-18,24,26-31,33,36-41,44,47,51-52,55H,15-16,19-23,25H2,1-10H3,(H,48,53)/b18-17+/t26-,27-,28+,29-,30+,33?,36+,37+,38-,39+,40?,41-,44+,45-,46-/m1/s1. The number of likely N-dealkylation sites (N-methyl/N-ethyl adjacent to an activating group) is 1. The first-order valence-electron chi connectivity index (χ1n) is 22.1. The van der Waals surface area contributed by atoms with Crippen LogP contribution in [0.5, 0.6) is 0 Å². The molecule has 0 spiro atoms. The fraction of sp³-hybridized carbons (Fsp3) is 0.739. The zero-order chi connectivity index (χ0) is 43.7. The van der Waals surface area contributed by atoms with Gasteiger partial charge in [-0.25, -0.2) is 0 Å². The van der Waals surface area contributed by atoms with Crippen LogP contribution in [0.15, 0.2) is 36.5 Å². The molecule has 4 aliphatic rings. The van der Waals surface area contributed by atoms with Gasteiger partial charge in [-0.2, -0.15) is 0 Å². The van der Waals surface area contributed by atoms with Gasteiger partial charge in [-0.05, 0) is 91.4 Å². The number of fused-ring (bicyclic) bond motifs is 1. The number of aromatic nitrogens is 1. The van der Waals surface area contributed by atoms with Crippen molar-refractivity contribution >= 4 is 28.8 Å². The smallest absolute Gasteiger partial charge is 0.225 e. The molecule has 6 rings (SSSR count). The second kappa shape index (κ2) is 19.2. The summed E-state index contributed by atoms with van der Waals surface area (Å²) in [7, 11) is 5.35. The van der Waals surface area contributed by atoms with Crippen LogP contribution in [0, 0.1) is 23.7 Å². The number of hydrogen-bond donors (Lipinski definition) is 5. The highest BCUT2D eigenvalue weighted by Crippen LogP contribution is 2.40. The van der Waals surface area contributed by atoms with E-state index in [0.29, 0.717) is 25.9 Å². The summed E-state index contributed by atoms with van der Waals surface area (Å²) < 4.78 is 32.1. The van der Waals surface area contributed by atoms with Crippen LogP contribution >= 0.6 is 0 Å². The number of ether oxygens (including phenoxy) is 5. The minimum absolute atomic E-state index is 0.0113. The molecule has 14 heteroatoms. The van der Waals surface area contributed by atoms with Crippen LogP contribution in [0.4, 0.5) is 0 Å². The minimum atomic E-state index is -1.55. The molecule has 1 aromatic heterocycles. The number of aliphatic hydroxyl groups is 3. The molecule has 5 N–H and O–H groups in total. The van der Waals surface area contributed by atoms with Crippen molar-refractivity contribution in [1.29, 1.82) is 0 Å². The molecule has 2 amide bonds. The highest BCUT2D eigenvalue weighted by molar-refractivity contribution is 5.89. The molecular weight excluding hydrogens is 769 g/mol. The van der Waals surface area contributed by atoms with E-state index in [-0.39, 0.29) is 48.6 Å². The predicted molar refractivity (Wildman–Crippen MR) is 228 cm³/mol. The van der Waals surface area contributed by atoms with Crippen molar-refractivity contribution in [3.8, 4) is 0 Å². The van der Waals surface area contributed by atoms with Gasteiger partial charge in [0.25, 0.3) is 0 Å². The molecule has 15 atom stereocenters. The van der Waals surface area contributed by atoms with E-state index in [1.54, 1.807) is 27.9 Å². The number of amides is 2. The van der Waals surface area contributed by atoms with E-state index < -0.39 is 72.2 Å². The summed E-state index contributed by atoms with van der Waals surface area (Å²) in [6.07, 6.45) is 2.41. The van der Waals surface area contributed by atoms with Gasteiger partial charge in [0.05, 0.1) is 41.5 Å². The van der Waals surface area contributed by atoms with E-state index in [0.717, 1.165) is 29.3 Å². The van der Waals surface area contributed by atoms with Crippen LogP contribution in [0.25, 0.3) is 17.0 Å². The average molecular weight is 841 g/mol. The van der Waals surface area contributed by atoms with E-state index in [1.165, 1.54) is 0 Å². The first-order chi connectivity index (χ1) is 28.3. The molecule has 3 saturated heterocycles. The quantitative estimate of drug-likeness (QED) is 0.241. The van der Waals surface area contributed by atoms with Crippen molar-refractivity contribution in [3.05, 3.63) is 42.1 Å². The van der Waals surface area contributed by atoms with Gasteiger partial charge in [-0.15, -0.1) is 0 Å². The fourth-order valence-corrected chi connectivity index (χ4v) is 9.84. The van der Waals surface area contributed by atoms with E-state index in [4.69, 9.17) is 23.7 Å². The lowest BCUT2D eigenvalue weighted by molar-refractivity contribution is -0.317. The molecule has 1 aromatic carbocycles. The number of aromatic amines is 1. The third-order valence-electron chi connectivity index (χ3n) is 13.6. The van der Waals surface area contributed by atoms with Crippen molar-refractivity contribution in [1.82, 2.24) is 20.1 Å². The Kier molecular flexibility index (Phi) is 14.9. The molecule has 336 valence electrons. The molecule has 1 aliphatic carbocycles. The topological polar surface area (TPSA) is 175 Å². The number of rotatable bonds is 9. The number of aliphatic hydroxyl groups excluding tert-OH is 2. The maximum absolute atomic E-state index is 14.7. The van der Waals surface area contributed by atoms with Crippen LogP contribution in [-0.2, 0) is 33.3 Å². The number of H-pyrrole nitrogens is 1. The Labute approximate surface area is 356 Å². The van der Waals surface area contributed by atoms with Gasteiger partial charge in [0.1, 0.15) is 12.2 Å². The van der Waals surface area contributed by atoms with Crippen LogP contribution in [0.1, 0.15) is 92.6 Å². The maximum atomic E-state index is 14.7. The van der Waals surface area contributed by atoms with Crippen LogP contribution < -0.4 is 5.32 Å². The Bertz CT molecular complexity index is 1780. The lowest BCUT2D eigenvalue weighted by atomic mass is 9.77. The molecule has 14 nitrogen and oxygen atoms in total. The normalized spacial score (nSPS) is 40.5. The number of nitrogens with zero attached hydrogens (tertiary/aromatic N) is 2. The van der Waals surface area contributed by atoms with E-state index in [2.05, 4.69) is 10.3 Å². The first kappa shape index (κ1) is 46.6. The molecule has 60 heavy (non-hydrogen) atoms. The molecule has 4 heterocycles. The fourth-order valence-electron chi connectivity index (χ4n) is 9.84. The van der Waals surface area contributed by atoms with Crippen molar-refractivity contribution < 1.29 is 48.6 Å². The Morgan fingerprint density at radius 2 is 1.73 bits per heavy atom. The number of methoxy groups -OCH3 is 1. The molecule has 1 saturated carbocycles. The van der Waals surface area contributed by atoms with Gasteiger partial charge >= 0.3 is 0 Å². The zero-order valence-corrected chi connectivity index (χ0v) is 37.4. The van der Waals surface area contributed by atoms with Gasteiger partial charge in [-0.1, -0.05) is 51.1 Å². The third kappa shape index (κ3) is 10.6. The lowest BCUT2D eigenvalue weighted by Crippen LogP contribution is -2.61. The first-order valence-corrected chi connectivity index (χ1v) is 22.1. The van der Waals surface area contributed by atoms with E-state index in [9.17, 15) is 24.9 Å². The molecule has 2 unspecified atom stereocenters. The summed E-state index contributed by atoms with van der Waals surface area (Å²) in [6.45, 7) is 13.8. The molecule has 0 radical (unpaired) electrons. The predicted octanol–water partition coefficient (Wildman–Crippen LogP) is 4.45. The van der Waals surface area contributed by atoms with Crippen molar-refractivity contribution in [3.63, 3.8) is 0 Å². The number of carbonyl (C=O) groups is 2. The Morgan fingerprint density at radius 3 is 2.42 bits per heavy atom. The summed E-state index contributed by atoms with van der Waals surface area (Å²) in [4.78, 5) is 35.7. The Morgan fingerprint density at radius 1 is 1.02 bits per heavy atom. The molecule has 4 fully saturated rings. The van der Waals surface area contributed by atoms with Crippen LogP contribution in [-0.4, -0.2) is 149 Å². The maximum Gasteiger partial charge on any atom is 0.225 e. The average Bonchev–Trinajstić information content (AvgIpc) is 3.97. The SMILES string of the molecule is CO[C@]1(C)C[C@H](O[C@H]2[C@H](C)[C@@H](O[C@@H]3O[C@H](C)C[C@H](N(C)C)[C@H]3O)[C@](C)(O)C[C@@H](C)CN(C(=O)C3CC3)CCC(/C=C/c3c[nH]c4ccccc34)NC(=O)[C@@H]2C)O[C@@H](C)C1O. The number of hydrogen-bond acceptors (Lipinski definition) is 11. The van der Waals surface area contributed by atoms with E-state index >= 15 is 0 Å². The monoisotopic (exact) mass is 841 g/mol. The van der Waals surface area contributed by atoms with Crippen molar-refractivity contribution in [2.45, 2.75) is 159 Å². The van der Waals surface area contributed by atoms with Crippen LogP contribution in [0.3, 0.4) is 0 Å². The summed E-state index contributed by atoms with van der Waals surface area (Å²) in [5.74, 6) is -1.88. The number of nitrogens with one attached hydrogen (secondary N) is 2. The number of carbonyl (C=O) groups excluding carboxylic acids is 2. The molecule has 2 aromatic rings. The second-order valence-electron chi connectivity index (χ2n) is 19.1. The highest BCUT2D eigenvalue weighted by Gasteiger charge is 2.51. The van der Waals surface area contributed by atoms with Crippen molar-refractivity contribution in [2.24, 2.45) is 23.7 Å². The van der Waals surface area contributed by atoms with Gasteiger partial charge in [0, 0.05) is 67.6 Å². The van der Waals surface area contributed by atoms with Crippen molar-refractivity contribution in [2.75, 3.05) is 34.3 Å². The number of benzene rings is 1. The Hall–Kier alpha value is -2.92. The molecule has 3 aliphatic heterocycles. The zero-order valence-electron chi connectivity index (χ0n) is 37.4. The summed E-state index contributed by atoms with van der Waals surface area (Å²) in [5, 5.41) is 39.8. The highest BCUT2D eigenvalue weighted by atomic mass is 16.7. The molecular formula is C46H72N4O10. The Balaban J connectivity index is 1.39. The van der Waals surface area contributed by atoms with Gasteiger partial charge in [0.15, 0.2) is 12.6 Å². The summed E-state index contributed by atoms with van der Waals surface area (Å²) in [5.41, 5.74) is -0.551. The molecule has 0 bridgehead atoms. The largest absolute Gasteiger partial charge is 0.387 e. The minimum Gasteiger partial charge on any atom is -0.387 e.